The number of nitrogens with zero attached hydrogens (tertiary/aromatic N) is 1. The van der Waals surface area contributed by atoms with Crippen LogP contribution in [0.1, 0.15) is 143 Å². The monoisotopic (exact) mass is 443 g/mol. The summed E-state index contributed by atoms with van der Waals surface area (Å²) in [5.74, 6) is 0. The molecule has 3 nitrogen and oxygen atoms in total. The number of ether oxygens (including phenoxy) is 1. The molecule has 1 unspecified atom stereocenters. The van der Waals surface area contributed by atoms with E-state index in [9.17, 15) is 0 Å². The van der Waals surface area contributed by atoms with Crippen molar-refractivity contribution in [3.05, 3.63) is 0 Å². The number of aliphatic hydroxyl groups is 1. The molecule has 31 heavy (non-hydrogen) atoms. The van der Waals surface area contributed by atoms with Crippen LogP contribution in [-0.2, 0) is 4.74 Å². The summed E-state index contributed by atoms with van der Waals surface area (Å²) in [6.45, 7) is 12.1. The fraction of sp³-hybridized carbons (Fsp3) is 1.00. The highest BCUT2D eigenvalue weighted by molar-refractivity contribution is 4.68. The lowest BCUT2D eigenvalue weighted by atomic mass is 10.1. The molecule has 0 rings (SSSR count). The van der Waals surface area contributed by atoms with E-state index in [1.165, 1.54) is 103 Å². The first-order chi connectivity index (χ1) is 15.2. The first-order valence-corrected chi connectivity index (χ1v) is 14.1. The molecule has 0 spiro atoms. The van der Waals surface area contributed by atoms with Gasteiger partial charge in [0, 0.05) is 19.3 Å². The molecule has 0 aromatic carbocycles. The van der Waals surface area contributed by atoms with Crippen molar-refractivity contribution in [1.29, 1.82) is 0 Å². The van der Waals surface area contributed by atoms with E-state index >= 15 is 0 Å². The molecule has 1 N–H and O–H groups in total. The number of hydrogen-bond acceptors (Lipinski definition) is 3. The summed E-state index contributed by atoms with van der Waals surface area (Å²) in [6, 6.07) is 0.459. The van der Waals surface area contributed by atoms with Crippen LogP contribution in [0, 0.1) is 0 Å². The first kappa shape index (κ1) is 33.1. The van der Waals surface area contributed by atoms with Crippen LogP contribution in [-0.4, -0.2) is 49.5 Å². The molecule has 0 aromatic heterocycles. The zero-order chi connectivity index (χ0) is 23.4. The van der Waals surface area contributed by atoms with E-state index in [0.717, 1.165) is 32.6 Å². The molecule has 0 heterocycles. The van der Waals surface area contributed by atoms with E-state index in [0.29, 0.717) is 6.04 Å². The van der Waals surface area contributed by atoms with E-state index in [1.54, 1.807) is 0 Å². The Morgan fingerprint density at radius 2 is 1.06 bits per heavy atom. The average Bonchev–Trinajstić information content (AvgIpc) is 2.77. The van der Waals surface area contributed by atoms with E-state index in [1.807, 2.05) is 0 Å². The maximum Gasteiger partial charge on any atom is 0.0621 e. The van der Waals surface area contributed by atoms with Crippen LogP contribution in [0.2, 0.25) is 0 Å². The molecule has 0 bridgehead atoms. The zero-order valence-electron chi connectivity index (χ0n) is 22.4. The van der Waals surface area contributed by atoms with Crippen LogP contribution in [0.5, 0.6) is 0 Å². The van der Waals surface area contributed by atoms with Crippen molar-refractivity contribution in [3.63, 3.8) is 0 Å². The van der Waals surface area contributed by atoms with Crippen LogP contribution >= 0.6 is 0 Å². The van der Waals surface area contributed by atoms with Gasteiger partial charge in [-0.15, -0.1) is 0 Å². The Bertz CT molecular complexity index is 295. The first-order valence-electron chi connectivity index (χ1n) is 14.1. The van der Waals surface area contributed by atoms with Crippen LogP contribution in [0.3, 0.4) is 0 Å². The van der Waals surface area contributed by atoms with Crippen molar-refractivity contribution < 1.29 is 9.84 Å². The normalized spacial score (nSPS) is 12.1. The number of hydrogen-bond donors (Lipinski definition) is 1. The minimum absolute atomic E-state index is 0.287. The summed E-state index contributed by atoms with van der Waals surface area (Å²) in [7, 11) is 2.18. The Balaban J connectivity index is 0. The van der Waals surface area contributed by atoms with Crippen LogP contribution in [0.4, 0.5) is 0 Å². The molecule has 0 aliphatic rings. The molecule has 1 atom stereocenters. The lowest BCUT2D eigenvalue weighted by Crippen LogP contribution is -2.36. The Labute approximate surface area is 197 Å². The molecular weight excluding hydrogens is 382 g/mol. The Morgan fingerprint density at radius 3 is 1.52 bits per heavy atom. The number of rotatable bonds is 23. The average molecular weight is 444 g/mol. The van der Waals surface area contributed by atoms with Crippen molar-refractivity contribution in [2.24, 2.45) is 0 Å². The minimum Gasteiger partial charge on any atom is -0.396 e. The highest BCUT2D eigenvalue weighted by Gasteiger charge is 2.13. The van der Waals surface area contributed by atoms with Gasteiger partial charge < -0.3 is 14.7 Å². The summed E-state index contributed by atoms with van der Waals surface area (Å²) in [5.41, 5.74) is 0. The van der Waals surface area contributed by atoms with E-state index < -0.39 is 0 Å². The van der Waals surface area contributed by atoms with Crippen molar-refractivity contribution in [1.82, 2.24) is 4.90 Å². The van der Waals surface area contributed by atoms with Gasteiger partial charge in [-0.25, -0.2) is 0 Å². The predicted molar refractivity (Wildman–Crippen MR) is 140 cm³/mol. The molecule has 0 aliphatic heterocycles. The van der Waals surface area contributed by atoms with Gasteiger partial charge in [-0.05, 0) is 39.3 Å². The third-order valence-corrected chi connectivity index (χ3v) is 6.05. The number of unbranched alkanes of at least 4 members (excludes halogenated alkanes) is 13. The van der Waals surface area contributed by atoms with Crippen LogP contribution in [0.25, 0.3) is 0 Å². The molecule has 190 valence electrons. The predicted octanol–water partition coefficient (Wildman–Crippen LogP) is 8.38. The second kappa shape index (κ2) is 29.9. The summed E-state index contributed by atoms with van der Waals surface area (Å²) >= 11 is 0. The third-order valence-electron chi connectivity index (χ3n) is 6.05. The molecule has 0 aliphatic carbocycles. The summed E-state index contributed by atoms with van der Waals surface area (Å²) < 4.78 is 5.91. The topological polar surface area (TPSA) is 32.7 Å². The molecule has 0 aromatic rings. The zero-order valence-corrected chi connectivity index (χ0v) is 22.4. The lowest BCUT2D eigenvalue weighted by Gasteiger charge is -2.27. The minimum atomic E-state index is 0.287. The quantitative estimate of drug-likeness (QED) is 0.161. The molecule has 0 saturated carbocycles. The van der Waals surface area contributed by atoms with Gasteiger partial charge >= 0.3 is 0 Å². The standard InChI is InChI=1S/C21H45NO2.C7H16/c1-4-6-7-8-9-10-11-12-13-14-19-24-20-21(16-15-18-23)22(3)17-5-2;1-3-5-7-6-4-2/h21,23H,4-20H2,1-3H3;3-7H2,1-2H3. The Kier molecular flexibility index (Phi) is 31.9. The highest BCUT2D eigenvalue weighted by Crippen LogP contribution is 2.11. The Hall–Kier alpha value is -0.120. The number of aliphatic hydroxyl groups excluding tert-OH is 1. The van der Waals surface area contributed by atoms with Gasteiger partial charge in [0.15, 0.2) is 0 Å². The maximum absolute atomic E-state index is 9.04. The Morgan fingerprint density at radius 1 is 0.613 bits per heavy atom. The second-order valence-electron chi connectivity index (χ2n) is 9.32. The molecule has 3 heteroatoms. The fourth-order valence-corrected chi connectivity index (χ4v) is 3.88. The maximum atomic E-state index is 9.04. The van der Waals surface area contributed by atoms with Gasteiger partial charge in [-0.1, -0.05) is 118 Å². The van der Waals surface area contributed by atoms with Gasteiger partial charge in [0.2, 0.25) is 0 Å². The van der Waals surface area contributed by atoms with E-state index in [2.05, 4.69) is 39.6 Å². The molecular formula is C28H61NO2. The van der Waals surface area contributed by atoms with E-state index in [-0.39, 0.29) is 6.61 Å². The number of likely N-dealkylation sites (N-methyl/N-ethyl adjacent to an activating group) is 1. The van der Waals surface area contributed by atoms with Crippen LogP contribution in [0.15, 0.2) is 0 Å². The second-order valence-corrected chi connectivity index (χ2v) is 9.32. The van der Waals surface area contributed by atoms with Crippen molar-refractivity contribution in [2.45, 2.75) is 149 Å². The van der Waals surface area contributed by atoms with Gasteiger partial charge in [-0.2, -0.15) is 0 Å². The smallest absolute Gasteiger partial charge is 0.0621 e. The lowest BCUT2D eigenvalue weighted by molar-refractivity contribution is 0.0610. The molecule has 0 amide bonds. The van der Waals surface area contributed by atoms with Crippen molar-refractivity contribution in [2.75, 3.05) is 33.4 Å². The van der Waals surface area contributed by atoms with Gasteiger partial charge in [0.05, 0.1) is 6.61 Å². The van der Waals surface area contributed by atoms with Gasteiger partial charge in [0.1, 0.15) is 0 Å². The van der Waals surface area contributed by atoms with E-state index in [4.69, 9.17) is 9.84 Å². The molecule has 0 saturated heterocycles. The summed E-state index contributed by atoms with van der Waals surface area (Å²) in [6.07, 6.45) is 23.8. The van der Waals surface area contributed by atoms with Crippen molar-refractivity contribution >= 4 is 0 Å². The highest BCUT2D eigenvalue weighted by atomic mass is 16.5. The third kappa shape index (κ3) is 27.8. The largest absolute Gasteiger partial charge is 0.396 e. The van der Waals surface area contributed by atoms with Gasteiger partial charge in [0.25, 0.3) is 0 Å². The van der Waals surface area contributed by atoms with Crippen molar-refractivity contribution in [3.8, 4) is 0 Å². The SMILES string of the molecule is CCCCCCC.CCCCCCCCCCCCOCC(CCCO)N(C)CCC. The van der Waals surface area contributed by atoms with Crippen LogP contribution < -0.4 is 0 Å². The van der Waals surface area contributed by atoms with Gasteiger partial charge in [-0.3, -0.25) is 0 Å². The fourth-order valence-electron chi connectivity index (χ4n) is 3.88. The summed E-state index contributed by atoms with van der Waals surface area (Å²) in [4.78, 5) is 2.38. The summed E-state index contributed by atoms with van der Waals surface area (Å²) in [5, 5.41) is 9.04. The molecule has 0 fully saturated rings. The molecule has 0 radical (unpaired) electrons.